The Kier molecular flexibility index (Phi) is 6.17. The Morgan fingerprint density at radius 2 is 1.86 bits per heavy atom. The zero-order valence-electron chi connectivity index (χ0n) is 12.8. The molecular weight excluding hydrogens is 292 g/mol. The van der Waals surface area contributed by atoms with Gasteiger partial charge in [0.1, 0.15) is 6.54 Å². The van der Waals surface area contributed by atoms with Crippen molar-refractivity contribution in [2.45, 2.75) is 31.7 Å². The number of hydrogen-bond acceptors (Lipinski definition) is 5. The third-order valence-electron chi connectivity index (χ3n) is 2.98. The van der Waals surface area contributed by atoms with Gasteiger partial charge in [0.25, 0.3) is 0 Å². The first-order valence-electron chi connectivity index (χ1n) is 6.77. The summed E-state index contributed by atoms with van der Waals surface area (Å²) in [6, 6.07) is 6.48. The molecule has 0 radical (unpaired) electrons. The maximum absolute atomic E-state index is 11.7. The quantitative estimate of drug-likeness (QED) is 0.769. The van der Waals surface area contributed by atoms with Crippen LogP contribution in [0.15, 0.2) is 29.2 Å². The predicted octanol–water partition coefficient (Wildman–Crippen LogP) is 1.37. The Morgan fingerprint density at radius 3 is 2.29 bits per heavy atom. The van der Waals surface area contributed by atoms with E-state index in [1.807, 2.05) is 18.7 Å². The van der Waals surface area contributed by atoms with Gasteiger partial charge in [-0.1, -0.05) is 0 Å². The second-order valence-electron chi connectivity index (χ2n) is 4.73. The number of nitrogens with one attached hydrogen (secondary N) is 1. The largest absolute Gasteiger partial charge is 0.465 e. The van der Waals surface area contributed by atoms with E-state index in [4.69, 9.17) is 4.74 Å². The van der Waals surface area contributed by atoms with E-state index in [1.54, 1.807) is 19.1 Å². The molecule has 21 heavy (non-hydrogen) atoms. The van der Waals surface area contributed by atoms with Crippen LogP contribution in [0.3, 0.4) is 0 Å². The zero-order valence-corrected chi connectivity index (χ0v) is 13.6. The second kappa shape index (κ2) is 7.42. The fraction of sp³-hybridized carbons (Fsp3) is 0.500. The number of ether oxygens (including phenoxy) is 1. The van der Waals surface area contributed by atoms with Crippen molar-refractivity contribution in [3.63, 3.8) is 0 Å². The zero-order chi connectivity index (χ0) is 16.0. The molecule has 1 rings (SSSR count). The Balaban J connectivity index is 2.98. The number of carbonyl (C=O) groups is 1. The third-order valence-corrected chi connectivity index (χ3v) is 4.41. The van der Waals surface area contributed by atoms with Crippen LogP contribution in [0, 0.1) is 0 Å². The first kappa shape index (κ1) is 17.5. The summed E-state index contributed by atoms with van der Waals surface area (Å²) < 4.78 is 30.6. The van der Waals surface area contributed by atoms with Gasteiger partial charge in [0.05, 0.1) is 11.5 Å². The molecule has 0 atom stereocenters. The maximum atomic E-state index is 11.7. The summed E-state index contributed by atoms with van der Waals surface area (Å²) in [6.45, 7) is 6.14. The van der Waals surface area contributed by atoms with Crippen molar-refractivity contribution in [2.24, 2.45) is 0 Å². The van der Waals surface area contributed by atoms with E-state index in [-0.39, 0.29) is 23.5 Å². The number of hydrogen-bond donors (Lipinski definition) is 1. The summed E-state index contributed by atoms with van der Waals surface area (Å²) in [5.74, 6) is -0.307. The van der Waals surface area contributed by atoms with Gasteiger partial charge in [-0.2, -0.15) is 0 Å². The second-order valence-corrected chi connectivity index (χ2v) is 6.61. The molecule has 0 fully saturated rings. The van der Waals surface area contributed by atoms with E-state index in [0.717, 1.165) is 5.69 Å². The van der Waals surface area contributed by atoms with Crippen molar-refractivity contribution in [2.75, 3.05) is 25.1 Å². The summed E-state index contributed by atoms with van der Waals surface area (Å²) in [7, 11) is -2.09. The molecule has 0 amide bonds. The van der Waals surface area contributed by atoms with Crippen LogP contribution in [0.4, 0.5) is 5.69 Å². The maximum Gasteiger partial charge on any atom is 0.325 e. The molecule has 0 aromatic heterocycles. The van der Waals surface area contributed by atoms with E-state index in [2.05, 4.69) is 4.72 Å². The Hall–Kier alpha value is -1.60. The fourth-order valence-corrected chi connectivity index (χ4v) is 2.58. The number of benzene rings is 1. The van der Waals surface area contributed by atoms with E-state index >= 15 is 0 Å². The first-order valence-corrected chi connectivity index (χ1v) is 8.26. The van der Waals surface area contributed by atoms with Crippen LogP contribution in [0.1, 0.15) is 20.8 Å². The molecule has 0 bridgehead atoms. The summed E-state index contributed by atoms with van der Waals surface area (Å²) in [4.78, 5) is 13.7. The van der Waals surface area contributed by atoms with Crippen molar-refractivity contribution >= 4 is 21.7 Å². The van der Waals surface area contributed by atoms with Gasteiger partial charge in [-0.3, -0.25) is 4.79 Å². The fourth-order valence-electron chi connectivity index (χ4n) is 1.85. The van der Waals surface area contributed by atoms with Crippen molar-refractivity contribution in [3.05, 3.63) is 24.3 Å². The van der Waals surface area contributed by atoms with E-state index in [1.165, 1.54) is 19.2 Å². The Labute approximate surface area is 126 Å². The third kappa shape index (κ3) is 4.71. The van der Waals surface area contributed by atoms with Crippen LogP contribution in [-0.2, 0) is 19.6 Å². The SMILES string of the molecule is CCOC(=O)CN(c1ccc(S(=O)(=O)NC)cc1)C(C)C. The summed E-state index contributed by atoms with van der Waals surface area (Å²) in [6.07, 6.45) is 0. The summed E-state index contributed by atoms with van der Waals surface area (Å²) >= 11 is 0. The summed E-state index contributed by atoms with van der Waals surface area (Å²) in [5.41, 5.74) is 0.771. The van der Waals surface area contributed by atoms with Crippen LogP contribution < -0.4 is 9.62 Å². The first-order chi connectivity index (χ1) is 9.81. The molecule has 0 aliphatic rings. The number of sulfonamides is 1. The number of rotatable bonds is 7. The molecule has 0 spiro atoms. The highest BCUT2D eigenvalue weighted by Gasteiger charge is 2.17. The number of esters is 1. The van der Waals surface area contributed by atoms with Gasteiger partial charge in [-0.25, -0.2) is 13.1 Å². The van der Waals surface area contributed by atoms with Gasteiger partial charge in [0.15, 0.2) is 0 Å². The molecule has 0 unspecified atom stereocenters. The van der Waals surface area contributed by atoms with Crippen LogP contribution in [0.25, 0.3) is 0 Å². The van der Waals surface area contributed by atoms with E-state index in [0.29, 0.717) is 6.61 Å². The van der Waals surface area contributed by atoms with Crippen molar-refractivity contribution in [1.29, 1.82) is 0 Å². The van der Waals surface area contributed by atoms with Crippen LogP contribution in [0.5, 0.6) is 0 Å². The van der Waals surface area contributed by atoms with Crippen molar-refractivity contribution in [3.8, 4) is 0 Å². The molecular formula is C14H22N2O4S. The monoisotopic (exact) mass is 314 g/mol. The molecule has 0 saturated carbocycles. The minimum atomic E-state index is -3.45. The lowest BCUT2D eigenvalue weighted by Crippen LogP contribution is -2.36. The predicted molar refractivity (Wildman–Crippen MR) is 81.8 cm³/mol. The highest BCUT2D eigenvalue weighted by atomic mass is 32.2. The smallest absolute Gasteiger partial charge is 0.325 e. The lowest BCUT2D eigenvalue weighted by atomic mass is 10.2. The molecule has 0 heterocycles. The molecule has 118 valence electrons. The lowest BCUT2D eigenvalue weighted by Gasteiger charge is -2.28. The Bertz CT molecular complexity index is 567. The van der Waals surface area contributed by atoms with Gasteiger partial charge in [-0.05, 0) is 52.1 Å². The van der Waals surface area contributed by atoms with Crippen molar-refractivity contribution in [1.82, 2.24) is 4.72 Å². The van der Waals surface area contributed by atoms with Crippen LogP contribution in [0.2, 0.25) is 0 Å². The molecule has 0 aliphatic heterocycles. The molecule has 6 nitrogen and oxygen atoms in total. The Morgan fingerprint density at radius 1 is 1.29 bits per heavy atom. The van der Waals surface area contributed by atoms with Crippen LogP contribution in [-0.4, -0.2) is 40.6 Å². The van der Waals surface area contributed by atoms with Gasteiger partial charge in [0, 0.05) is 11.7 Å². The highest BCUT2D eigenvalue weighted by molar-refractivity contribution is 7.89. The normalized spacial score (nSPS) is 11.5. The average Bonchev–Trinajstić information content (AvgIpc) is 2.45. The van der Waals surface area contributed by atoms with Gasteiger partial charge < -0.3 is 9.64 Å². The van der Waals surface area contributed by atoms with Crippen molar-refractivity contribution < 1.29 is 17.9 Å². The minimum Gasteiger partial charge on any atom is -0.465 e. The topological polar surface area (TPSA) is 75.7 Å². The highest BCUT2D eigenvalue weighted by Crippen LogP contribution is 2.20. The van der Waals surface area contributed by atoms with E-state index < -0.39 is 10.0 Å². The molecule has 7 heteroatoms. The molecule has 0 aliphatic carbocycles. The van der Waals surface area contributed by atoms with Crippen LogP contribution >= 0.6 is 0 Å². The lowest BCUT2D eigenvalue weighted by molar-refractivity contribution is -0.141. The van der Waals surface area contributed by atoms with Gasteiger partial charge in [-0.15, -0.1) is 0 Å². The molecule has 1 aromatic carbocycles. The molecule has 1 aromatic rings. The average molecular weight is 314 g/mol. The molecule has 1 N–H and O–H groups in total. The minimum absolute atomic E-state index is 0.0844. The molecule has 0 saturated heterocycles. The number of anilines is 1. The van der Waals surface area contributed by atoms with Gasteiger partial charge >= 0.3 is 5.97 Å². The van der Waals surface area contributed by atoms with Gasteiger partial charge in [0.2, 0.25) is 10.0 Å². The number of nitrogens with zero attached hydrogens (tertiary/aromatic N) is 1. The van der Waals surface area contributed by atoms with E-state index in [9.17, 15) is 13.2 Å². The summed E-state index contributed by atoms with van der Waals surface area (Å²) in [5, 5.41) is 0. The number of carbonyl (C=O) groups excluding carboxylic acids is 1. The standard InChI is InChI=1S/C14H22N2O4S/c1-5-20-14(17)10-16(11(2)3)12-6-8-13(9-7-12)21(18,19)15-4/h6-9,11,15H,5,10H2,1-4H3.